The van der Waals surface area contributed by atoms with E-state index in [1.54, 1.807) is 0 Å². The number of hydrogen-bond donors (Lipinski definition) is 3. The Labute approximate surface area is 255 Å². The Morgan fingerprint density at radius 2 is 1.82 bits per heavy atom. The summed E-state index contributed by atoms with van der Waals surface area (Å²) in [6.45, 7) is 0.0980. The van der Waals surface area contributed by atoms with E-state index in [1.165, 1.54) is 9.70 Å². The number of hydrogen-bond acceptors (Lipinski definition) is 8. The number of rotatable bonds is 5. The molecule has 4 aliphatic rings. The lowest BCUT2D eigenvalue weighted by Gasteiger charge is -2.29. The average molecular weight is 606 g/mol. The molecule has 3 heterocycles. The highest BCUT2D eigenvalue weighted by molar-refractivity contribution is 5.96. The van der Waals surface area contributed by atoms with Gasteiger partial charge in [-0.05, 0) is 56.6 Å². The third-order valence-electron chi connectivity index (χ3n) is 9.29. The van der Waals surface area contributed by atoms with Crippen LogP contribution in [-0.2, 0) is 19.1 Å². The number of carboxylic acid groups (broad SMARTS) is 1. The molecule has 3 amide bonds. The highest BCUT2D eigenvalue weighted by Crippen LogP contribution is 2.45. The third-order valence-corrected chi connectivity index (χ3v) is 9.29. The van der Waals surface area contributed by atoms with Gasteiger partial charge in [0.1, 0.15) is 23.7 Å². The minimum atomic E-state index is -1.41. The minimum absolute atomic E-state index is 0.0980. The number of fused-ring (bicyclic) bond motifs is 2. The van der Waals surface area contributed by atoms with Gasteiger partial charge in [-0.3, -0.25) is 9.59 Å². The van der Waals surface area contributed by atoms with Gasteiger partial charge in [-0.25, -0.2) is 9.59 Å². The summed E-state index contributed by atoms with van der Waals surface area (Å²) < 4.78 is 5.61. The molecule has 2 aromatic rings. The molecule has 1 aromatic heterocycles. The van der Waals surface area contributed by atoms with E-state index in [2.05, 4.69) is 26.0 Å². The van der Waals surface area contributed by atoms with E-state index in [0.717, 1.165) is 50.5 Å². The first-order chi connectivity index (χ1) is 21.3. The van der Waals surface area contributed by atoms with E-state index in [9.17, 15) is 24.3 Å². The van der Waals surface area contributed by atoms with Crippen LogP contribution in [0, 0.1) is 5.92 Å². The number of carboxylic acids is 1. The predicted octanol–water partition coefficient (Wildman–Crippen LogP) is 3.00. The molecule has 3 fully saturated rings. The molecule has 234 valence electrons. The molecular weight excluding hydrogens is 566 g/mol. The number of nitrogens with one attached hydrogen (secondary N) is 2. The van der Waals surface area contributed by atoms with Crippen molar-refractivity contribution < 1.29 is 29.0 Å². The van der Waals surface area contributed by atoms with Crippen LogP contribution in [0.25, 0.3) is 11.4 Å². The van der Waals surface area contributed by atoms with Crippen LogP contribution in [0.1, 0.15) is 76.7 Å². The highest BCUT2D eigenvalue weighted by Gasteiger charge is 2.61. The number of allylic oxidation sites excluding steroid dienone is 1. The fourth-order valence-corrected chi connectivity index (χ4v) is 6.66. The summed E-state index contributed by atoms with van der Waals surface area (Å²) in [5, 5.41) is 28.6. The average Bonchev–Trinajstić information content (AvgIpc) is 3.49. The standard InChI is InChI=1S/C31H39N7O6/c39-27-25-17-22(38-35-26(34-36-38)20-11-5-4-6-12-20)19-37(25)28(40)24(32-30(43)44-23-14-9-10-15-23)16-8-3-1-2-7-13-21-18-31(21,33-27)29(41)42/h4-7,11-13,21-25H,1-3,8-10,14-19H2,(H,32,43)(H,33,39)(H,41,42)/b13-7-/t21?,22-,24+,25+,31-/m1/s1. The Kier molecular flexibility index (Phi) is 8.62. The number of amides is 3. The molecule has 1 unspecified atom stereocenters. The second-order valence-electron chi connectivity index (χ2n) is 12.3. The van der Waals surface area contributed by atoms with Crippen molar-refractivity contribution in [2.24, 2.45) is 5.92 Å². The molecule has 0 bridgehead atoms. The zero-order valence-electron chi connectivity index (χ0n) is 24.6. The van der Waals surface area contributed by atoms with Crippen molar-refractivity contribution in [3.05, 3.63) is 42.5 Å². The fourth-order valence-electron chi connectivity index (χ4n) is 6.66. The number of carbonyl (C=O) groups is 4. The van der Waals surface area contributed by atoms with E-state index in [4.69, 9.17) is 4.74 Å². The summed E-state index contributed by atoms with van der Waals surface area (Å²) in [7, 11) is 0. The van der Waals surface area contributed by atoms with Crippen LogP contribution in [0.5, 0.6) is 0 Å². The Morgan fingerprint density at radius 3 is 2.59 bits per heavy atom. The van der Waals surface area contributed by atoms with Gasteiger partial charge in [0, 0.05) is 24.4 Å². The van der Waals surface area contributed by atoms with Gasteiger partial charge in [-0.2, -0.15) is 4.80 Å². The molecular formula is C31H39N7O6. The van der Waals surface area contributed by atoms with Crippen LogP contribution in [0.3, 0.4) is 0 Å². The molecule has 3 N–H and O–H groups in total. The maximum atomic E-state index is 14.2. The van der Waals surface area contributed by atoms with Gasteiger partial charge < -0.3 is 25.4 Å². The summed E-state index contributed by atoms with van der Waals surface area (Å²) in [5.74, 6) is -1.97. The van der Waals surface area contributed by atoms with E-state index in [1.807, 2.05) is 42.5 Å². The second-order valence-corrected chi connectivity index (χ2v) is 12.3. The van der Waals surface area contributed by atoms with E-state index < -0.39 is 47.5 Å². The molecule has 6 rings (SSSR count). The monoisotopic (exact) mass is 605 g/mol. The summed E-state index contributed by atoms with van der Waals surface area (Å²) in [5.41, 5.74) is -0.628. The van der Waals surface area contributed by atoms with Gasteiger partial charge in [0.25, 0.3) is 0 Å². The van der Waals surface area contributed by atoms with Crippen molar-refractivity contribution in [3.63, 3.8) is 0 Å². The molecule has 0 spiro atoms. The summed E-state index contributed by atoms with van der Waals surface area (Å²) in [6.07, 6.45) is 10.6. The Morgan fingerprint density at radius 1 is 1.05 bits per heavy atom. The first-order valence-electron chi connectivity index (χ1n) is 15.7. The van der Waals surface area contributed by atoms with Crippen molar-refractivity contribution in [1.29, 1.82) is 0 Å². The molecule has 2 aliphatic heterocycles. The molecule has 1 aromatic carbocycles. The first-order valence-corrected chi connectivity index (χ1v) is 15.7. The number of tetrazole rings is 1. The number of ether oxygens (including phenoxy) is 1. The van der Waals surface area contributed by atoms with Crippen LogP contribution in [0.2, 0.25) is 0 Å². The largest absolute Gasteiger partial charge is 0.479 e. The van der Waals surface area contributed by atoms with Gasteiger partial charge >= 0.3 is 12.1 Å². The molecule has 0 radical (unpaired) electrons. The molecule has 44 heavy (non-hydrogen) atoms. The maximum Gasteiger partial charge on any atom is 0.408 e. The lowest BCUT2D eigenvalue weighted by atomic mass is 10.0. The van der Waals surface area contributed by atoms with Crippen molar-refractivity contribution in [3.8, 4) is 11.4 Å². The normalized spacial score (nSPS) is 30.3. The summed E-state index contributed by atoms with van der Waals surface area (Å²) in [6, 6.07) is 6.99. The number of aliphatic carboxylic acids is 1. The van der Waals surface area contributed by atoms with E-state index >= 15 is 0 Å². The van der Waals surface area contributed by atoms with Crippen molar-refractivity contribution in [2.45, 2.75) is 100 Å². The predicted molar refractivity (Wildman–Crippen MR) is 157 cm³/mol. The smallest absolute Gasteiger partial charge is 0.408 e. The van der Waals surface area contributed by atoms with Crippen molar-refractivity contribution in [1.82, 2.24) is 35.7 Å². The van der Waals surface area contributed by atoms with E-state index in [0.29, 0.717) is 18.7 Å². The maximum absolute atomic E-state index is 14.2. The number of aromatic nitrogens is 4. The number of benzene rings is 1. The minimum Gasteiger partial charge on any atom is -0.479 e. The Hall–Kier alpha value is -4.29. The molecule has 13 nitrogen and oxygen atoms in total. The topological polar surface area (TPSA) is 169 Å². The van der Waals surface area contributed by atoms with Gasteiger partial charge in [0.05, 0.1) is 6.04 Å². The van der Waals surface area contributed by atoms with Crippen molar-refractivity contribution in [2.75, 3.05) is 6.54 Å². The van der Waals surface area contributed by atoms with Crippen LogP contribution < -0.4 is 10.6 Å². The summed E-state index contributed by atoms with van der Waals surface area (Å²) >= 11 is 0. The first kappa shape index (κ1) is 29.8. The second kappa shape index (κ2) is 12.7. The summed E-state index contributed by atoms with van der Waals surface area (Å²) in [4.78, 5) is 56.1. The van der Waals surface area contributed by atoms with Gasteiger partial charge in [0.2, 0.25) is 17.6 Å². The molecule has 2 saturated carbocycles. The zero-order chi connectivity index (χ0) is 30.7. The Bertz CT molecular complexity index is 1410. The number of nitrogens with zero attached hydrogens (tertiary/aromatic N) is 5. The molecule has 13 heteroatoms. The quantitative estimate of drug-likeness (QED) is 0.434. The van der Waals surface area contributed by atoms with Crippen LogP contribution in [0.4, 0.5) is 4.79 Å². The lowest BCUT2D eigenvalue weighted by molar-refractivity contribution is -0.145. The molecule has 1 saturated heterocycles. The van der Waals surface area contributed by atoms with Gasteiger partial charge in [0.15, 0.2) is 0 Å². The van der Waals surface area contributed by atoms with E-state index in [-0.39, 0.29) is 31.4 Å². The van der Waals surface area contributed by atoms with Gasteiger partial charge in [-0.1, -0.05) is 55.3 Å². The van der Waals surface area contributed by atoms with Crippen LogP contribution in [-0.4, -0.2) is 84.4 Å². The highest BCUT2D eigenvalue weighted by atomic mass is 16.6. The van der Waals surface area contributed by atoms with Gasteiger partial charge in [-0.15, -0.1) is 10.2 Å². The fraction of sp³-hybridized carbons (Fsp3) is 0.581. The number of alkyl carbamates (subject to hydrolysis) is 1. The lowest BCUT2D eigenvalue weighted by Crippen LogP contribution is -2.56. The van der Waals surface area contributed by atoms with Crippen molar-refractivity contribution >= 4 is 23.9 Å². The zero-order valence-corrected chi connectivity index (χ0v) is 24.6. The Balaban J connectivity index is 1.27. The van der Waals surface area contributed by atoms with Crippen LogP contribution >= 0.6 is 0 Å². The molecule has 2 aliphatic carbocycles. The SMILES string of the molecule is O=C(N[C@H]1CCCCC/C=C\C2C[C@@]2(C(=O)O)NC(=O)[C@@H]2C[C@@H](n3nnc(-c4ccccc4)n3)CN2C1=O)OC1CCCC1. The third kappa shape index (κ3) is 6.31. The van der Waals surface area contributed by atoms with Crippen LogP contribution in [0.15, 0.2) is 42.5 Å². The molecule has 5 atom stereocenters. The number of carbonyl (C=O) groups excluding carboxylic acids is 3.